The van der Waals surface area contributed by atoms with E-state index in [0.29, 0.717) is 23.2 Å². The molecule has 0 saturated carbocycles. The molecular weight excluding hydrogens is 354 g/mol. The number of amides is 3. The minimum atomic E-state index is -0.662. The first-order valence-corrected chi connectivity index (χ1v) is 9.29. The molecule has 2 aromatic carbocycles. The smallest absolute Gasteiger partial charge is 0.255 e. The van der Waals surface area contributed by atoms with Gasteiger partial charge in [0.2, 0.25) is 5.91 Å². The summed E-state index contributed by atoms with van der Waals surface area (Å²) in [5.74, 6) is -0.965. The Kier molecular flexibility index (Phi) is 6.93. The van der Waals surface area contributed by atoms with Crippen molar-refractivity contribution in [3.63, 3.8) is 0 Å². The van der Waals surface area contributed by atoms with Crippen LogP contribution >= 0.6 is 0 Å². The van der Waals surface area contributed by atoms with Gasteiger partial charge in [-0.05, 0) is 51.5 Å². The molecule has 0 spiro atoms. The lowest BCUT2D eigenvalue weighted by atomic mass is 10.1. The molecule has 2 aromatic rings. The second-order valence-electron chi connectivity index (χ2n) is 7.54. The molecule has 148 valence electrons. The first kappa shape index (κ1) is 21.2. The highest BCUT2D eigenvalue weighted by atomic mass is 16.2. The highest BCUT2D eigenvalue weighted by Crippen LogP contribution is 2.17. The Bertz CT molecular complexity index is 842. The van der Waals surface area contributed by atoms with E-state index in [1.165, 1.54) is 0 Å². The van der Waals surface area contributed by atoms with Gasteiger partial charge in [0.25, 0.3) is 11.8 Å². The van der Waals surface area contributed by atoms with Crippen LogP contribution in [0.15, 0.2) is 54.6 Å². The van der Waals surface area contributed by atoms with Crippen molar-refractivity contribution in [2.45, 2.75) is 45.7 Å². The molecule has 3 N–H and O–H groups in total. The van der Waals surface area contributed by atoms with Crippen LogP contribution in [0.2, 0.25) is 0 Å². The number of hydrogen-bond acceptors (Lipinski definition) is 3. The van der Waals surface area contributed by atoms with Crippen molar-refractivity contribution < 1.29 is 14.4 Å². The van der Waals surface area contributed by atoms with Gasteiger partial charge >= 0.3 is 0 Å². The number of hydrogen-bond donors (Lipinski definition) is 3. The average molecular weight is 381 g/mol. The fourth-order valence-electron chi connectivity index (χ4n) is 2.62. The third-order valence-electron chi connectivity index (χ3n) is 3.98. The van der Waals surface area contributed by atoms with E-state index in [0.717, 1.165) is 0 Å². The quantitative estimate of drug-likeness (QED) is 0.717. The number of carbonyl (C=O) groups excluding carboxylic acids is 3. The normalized spacial score (nSPS) is 12.0. The van der Waals surface area contributed by atoms with E-state index < -0.39 is 17.5 Å². The molecule has 0 radical (unpaired) electrons. The fourth-order valence-corrected chi connectivity index (χ4v) is 2.62. The van der Waals surface area contributed by atoms with Gasteiger partial charge in [-0.15, -0.1) is 0 Å². The molecule has 6 heteroatoms. The van der Waals surface area contributed by atoms with Gasteiger partial charge in [0, 0.05) is 11.1 Å². The Morgan fingerprint density at radius 3 is 2.11 bits per heavy atom. The van der Waals surface area contributed by atoms with Crippen molar-refractivity contribution in [2.24, 2.45) is 0 Å². The van der Waals surface area contributed by atoms with Crippen LogP contribution in [0.5, 0.6) is 0 Å². The highest BCUT2D eigenvalue weighted by Gasteiger charge is 2.24. The number of rotatable bonds is 6. The Balaban J connectivity index is 2.15. The second-order valence-corrected chi connectivity index (χ2v) is 7.54. The summed E-state index contributed by atoms with van der Waals surface area (Å²) in [4.78, 5) is 37.6. The summed E-state index contributed by atoms with van der Waals surface area (Å²) in [5.41, 5.74) is 0.791. The minimum absolute atomic E-state index is 0.242. The maximum absolute atomic E-state index is 12.8. The summed E-state index contributed by atoms with van der Waals surface area (Å²) < 4.78 is 0. The van der Waals surface area contributed by atoms with Crippen LogP contribution in [-0.4, -0.2) is 29.3 Å². The van der Waals surface area contributed by atoms with E-state index in [1.807, 2.05) is 33.8 Å². The standard InChI is InChI=1S/C22H27N3O3/c1-5-17(21(28)25-22(2,3)4)23-20(27)16-13-9-10-14-18(16)24-19(26)15-11-7-6-8-12-15/h6-14,17H,5H2,1-4H3,(H,23,27)(H,24,26)(H,25,28). The zero-order chi connectivity index (χ0) is 20.7. The molecule has 0 saturated heterocycles. The van der Waals surface area contributed by atoms with Crippen LogP contribution < -0.4 is 16.0 Å². The van der Waals surface area contributed by atoms with Gasteiger partial charge < -0.3 is 16.0 Å². The van der Waals surface area contributed by atoms with Crippen molar-refractivity contribution >= 4 is 23.4 Å². The van der Waals surface area contributed by atoms with Crippen LogP contribution in [0, 0.1) is 0 Å². The van der Waals surface area contributed by atoms with E-state index in [2.05, 4.69) is 16.0 Å². The Labute approximate surface area is 165 Å². The Morgan fingerprint density at radius 2 is 1.50 bits per heavy atom. The molecule has 0 aliphatic rings. The van der Waals surface area contributed by atoms with Crippen LogP contribution in [0.3, 0.4) is 0 Å². The zero-order valence-corrected chi connectivity index (χ0v) is 16.7. The molecule has 28 heavy (non-hydrogen) atoms. The van der Waals surface area contributed by atoms with Gasteiger partial charge in [-0.1, -0.05) is 37.3 Å². The first-order chi connectivity index (χ1) is 13.2. The predicted octanol–water partition coefficient (Wildman–Crippen LogP) is 3.36. The number of para-hydroxylation sites is 1. The summed E-state index contributed by atoms with van der Waals surface area (Å²) >= 11 is 0. The topological polar surface area (TPSA) is 87.3 Å². The maximum atomic E-state index is 12.8. The van der Waals surface area contributed by atoms with Gasteiger partial charge in [0.05, 0.1) is 11.3 Å². The molecule has 0 aromatic heterocycles. The fraction of sp³-hybridized carbons (Fsp3) is 0.318. The van der Waals surface area contributed by atoms with Gasteiger partial charge in [-0.25, -0.2) is 0 Å². The average Bonchev–Trinajstić information content (AvgIpc) is 2.65. The molecule has 3 amide bonds. The summed E-state index contributed by atoms with van der Waals surface area (Å²) in [5, 5.41) is 8.39. The van der Waals surface area contributed by atoms with Crippen molar-refractivity contribution in [1.82, 2.24) is 10.6 Å². The molecule has 1 atom stereocenters. The lowest BCUT2D eigenvalue weighted by molar-refractivity contribution is -0.124. The second kappa shape index (κ2) is 9.17. The highest BCUT2D eigenvalue weighted by molar-refractivity contribution is 6.09. The number of carbonyl (C=O) groups is 3. The predicted molar refractivity (Wildman–Crippen MR) is 110 cm³/mol. The van der Waals surface area contributed by atoms with Gasteiger partial charge in [0.15, 0.2) is 0 Å². The number of benzene rings is 2. The van der Waals surface area contributed by atoms with E-state index in [-0.39, 0.29) is 11.8 Å². The molecule has 0 fully saturated rings. The molecule has 0 bridgehead atoms. The molecule has 0 aliphatic heterocycles. The molecule has 1 unspecified atom stereocenters. The van der Waals surface area contributed by atoms with Crippen molar-refractivity contribution in [2.75, 3.05) is 5.32 Å². The van der Waals surface area contributed by atoms with Gasteiger partial charge in [-0.2, -0.15) is 0 Å². The molecule has 0 heterocycles. The summed E-state index contributed by atoms with van der Waals surface area (Å²) in [7, 11) is 0. The lowest BCUT2D eigenvalue weighted by Gasteiger charge is -2.25. The summed E-state index contributed by atoms with van der Waals surface area (Å²) in [6.45, 7) is 7.48. The van der Waals surface area contributed by atoms with Crippen LogP contribution in [0.25, 0.3) is 0 Å². The van der Waals surface area contributed by atoms with Crippen LogP contribution in [0.4, 0.5) is 5.69 Å². The largest absolute Gasteiger partial charge is 0.350 e. The third-order valence-corrected chi connectivity index (χ3v) is 3.98. The zero-order valence-electron chi connectivity index (χ0n) is 16.7. The SMILES string of the molecule is CCC(NC(=O)c1ccccc1NC(=O)c1ccccc1)C(=O)NC(C)(C)C. The molecule has 2 rings (SSSR count). The van der Waals surface area contributed by atoms with E-state index in [1.54, 1.807) is 48.5 Å². The minimum Gasteiger partial charge on any atom is -0.350 e. The Hall–Kier alpha value is -3.15. The van der Waals surface area contributed by atoms with E-state index >= 15 is 0 Å². The van der Waals surface area contributed by atoms with Crippen LogP contribution in [-0.2, 0) is 4.79 Å². The molecule has 6 nitrogen and oxygen atoms in total. The monoisotopic (exact) mass is 381 g/mol. The number of nitrogens with one attached hydrogen (secondary N) is 3. The summed E-state index contributed by atoms with van der Waals surface area (Å²) in [6, 6.07) is 14.8. The first-order valence-electron chi connectivity index (χ1n) is 9.29. The van der Waals surface area contributed by atoms with Crippen molar-refractivity contribution in [3.05, 3.63) is 65.7 Å². The lowest BCUT2D eigenvalue weighted by Crippen LogP contribution is -2.51. The molecule has 0 aliphatic carbocycles. The van der Waals surface area contributed by atoms with E-state index in [9.17, 15) is 14.4 Å². The Morgan fingerprint density at radius 1 is 0.893 bits per heavy atom. The summed E-state index contributed by atoms with van der Waals surface area (Å²) in [6.07, 6.45) is 0.451. The van der Waals surface area contributed by atoms with Crippen molar-refractivity contribution in [3.8, 4) is 0 Å². The van der Waals surface area contributed by atoms with Gasteiger partial charge in [0.1, 0.15) is 6.04 Å². The van der Waals surface area contributed by atoms with Crippen molar-refractivity contribution in [1.29, 1.82) is 0 Å². The van der Waals surface area contributed by atoms with Gasteiger partial charge in [-0.3, -0.25) is 14.4 Å². The third kappa shape index (κ3) is 5.94. The van der Waals surface area contributed by atoms with Crippen LogP contribution in [0.1, 0.15) is 54.8 Å². The molecular formula is C22H27N3O3. The maximum Gasteiger partial charge on any atom is 0.255 e. The number of anilines is 1. The van der Waals surface area contributed by atoms with E-state index in [4.69, 9.17) is 0 Å².